The van der Waals surface area contributed by atoms with Gasteiger partial charge in [-0.15, -0.1) is 0 Å². The summed E-state index contributed by atoms with van der Waals surface area (Å²) in [6.07, 6.45) is 4.45. The van der Waals surface area contributed by atoms with Crippen LogP contribution in [0.15, 0.2) is 0 Å². The van der Waals surface area contributed by atoms with Crippen LogP contribution in [0.1, 0.15) is 32.6 Å². The number of carbonyl (C=O) groups is 1. The Kier molecular flexibility index (Phi) is 5.47. The van der Waals surface area contributed by atoms with Gasteiger partial charge in [0.05, 0.1) is 7.11 Å². The highest BCUT2D eigenvalue weighted by molar-refractivity contribution is 5.67. The molecule has 0 saturated carbocycles. The number of ether oxygens (including phenoxy) is 1. The van der Waals surface area contributed by atoms with Crippen LogP contribution in [0.2, 0.25) is 0 Å². The minimum atomic E-state index is -0.204. The van der Waals surface area contributed by atoms with Gasteiger partial charge in [0.15, 0.2) is 0 Å². The molecule has 4 heteroatoms. The van der Waals surface area contributed by atoms with Crippen molar-refractivity contribution in [2.24, 2.45) is 0 Å². The molecule has 1 atom stereocenters. The molecule has 1 heterocycles. The van der Waals surface area contributed by atoms with E-state index in [0.717, 1.165) is 32.5 Å². The Morgan fingerprint density at radius 3 is 2.87 bits per heavy atom. The lowest BCUT2D eigenvalue weighted by molar-refractivity contribution is 0.116. The first kappa shape index (κ1) is 12.3. The van der Waals surface area contributed by atoms with E-state index in [-0.39, 0.29) is 6.09 Å². The summed E-state index contributed by atoms with van der Waals surface area (Å²) in [5.41, 5.74) is 0. The van der Waals surface area contributed by atoms with Crippen molar-refractivity contribution in [3.05, 3.63) is 0 Å². The molecule has 0 aromatic carbocycles. The van der Waals surface area contributed by atoms with Crippen LogP contribution in [0, 0.1) is 0 Å². The van der Waals surface area contributed by atoms with Gasteiger partial charge in [0.2, 0.25) is 0 Å². The predicted octanol–water partition coefficient (Wildman–Crippen LogP) is 1.61. The van der Waals surface area contributed by atoms with Gasteiger partial charge in [-0.2, -0.15) is 0 Å². The van der Waals surface area contributed by atoms with E-state index in [1.807, 2.05) is 0 Å². The van der Waals surface area contributed by atoms with Crippen molar-refractivity contribution in [1.82, 2.24) is 10.2 Å². The monoisotopic (exact) mass is 214 g/mol. The second-order valence-electron chi connectivity index (χ2n) is 4.06. The van der Waals surface area contributed by atoms with Gasteiger partial charge in [-0.05, 0) is 25.8 Å². The molecule has 0 bridgehead atoms. The SMILES string of the molecule is CCCN(CC1CCCCN1)C(=O)OC. The van der Waals surface area contributed by atoms with Crippen molar-refractivity contribution in [1.29, 1.82) is 0 Å². The summed E-state index contributed by atoms with van der Waals surface area (Å²) in [4.78, 5) is 13.2. The fraction of sp³-hybridized carbons (Fsp3) is 0.909. The summed E-state index contributed by atoms with van der Waals surface area (Å²) in [5.74, 6) is 0. The Bertz CT molecular complexity index is 191. The van der Waals surface area contributed by atoms with Gasteiger partial charge in [0, 0.05) is 19.1 Å². The number of rotatable bonds is 4. The standard InChI is InChI=1S/C11H22N2O2/c1-3-8-13(11(14)15-2)9-10-6-4-5-7-12-10/h10,12H,3-9H2,1-2H3. The molecule has 0 radical (unpaired) electrons. The van der Waals surface area contributed by atoms with Crippen LogP contribution in [-0.2, 0) is 4.74 Å². The van der Waals surface area contributed by atoms with Gasteiger partial charge in [-0.3, -0.25) is 0 Å². The zero-order valence-electron chi connectivity index (χ0n) is 9.79. The summed E-state index contributed by atoms with van der Waals surface area (Å²) < 4.78 is 4.77. The second-order valence-corrected chi connectivity index (χ2v) is 4.06. The number of hydrogen-bond acceptors (Lipinski definition) is 3. The van der Waals surface area contributed by atoms with Crippen LogP contribution in [0.5, 0.6) is 0 Å². The number of piperidine rings is 1. The molecule has 1 unspecified atom stereocenters. The van der Waals surface area contributed by atoms with Crippen LogP contribution < -0.4 is 5.32 Å². The van der Waals surface area contributed by atoms with Gasteiger partial charge in [-0.1, -0.05) is 13.3 Å². The molecule has 1 fully saturated rings. The van der Waals surface area contributed by atoms with Gasteiger partial charge in [0.1, 0.15) is 0 Å². The van der Waals surface area contributed by atoms with E-state index in [4.69, 9.17) is 4.74 Å². The smallest absolute Gasteiger partial charge is 0.409 e. The maximum atomic E-state index is 11.5. The van der Waals surface area contributed by atoms with Crippen molar-refractivity contribution >= 4 is 6.09 Å². The first-order valence-corrected chi connectivity index (χ1v) is 5.84. The fourth-order valence-corrected chi connectivity index (χ4v) is 2.00. The Morgan fingerprint density at radius 2 is 2.33 bits per heavy atom. The molecule has 88 valence electrons. The van der Waals surface area contributed by atoms with Crippen molar-refractivity contribution in [3.63, 3.8) is 0 Å². The van der Waals surface area contributed by atoms with E-state index < -0.39 is 0 Å². The lowest BCUT2D eigenvalue weighted by Gasteiger charge is -2.29. The number of nitrogens with one attached hydrogen (secondary N) is 1. The van der Waals surface area contributed by atoms with Gasteiger partial charge in [0.25, 0.3) is 0 Å². The molecule has 4 nitrogen and oxygen atoms in total. The Balaban J connectivity index is 2.38. The summed E-state index contributed by atoms with van der Waals surface area (Å²) in [7, 11) is 1.44. The number of amides is 1. The lowest BCUT2D eigenvalue weighted by atomic mass is 10.0. The number of nitrogens with zero attached hydrogens (tertiary/aromatic N) is 1. The van der Waals surface area contributed by atoms with Crippen molar-refractivity contribution in [2.75, 3.05) is 26.7 Å². The average Bonchev–Trinajstić information content (AvgIpc) is 2.29. The molecule has 1 saturated heterocycles. The summed E-state index contributed by atoms with van der Waals surface area (Å²) >= 11 is 0. The zero-order valence-corrected chi connectivity index (χ0v) is 9.79. The molecule has 0 aromatic heterocycles. The van der Waals surface area contributed by atoms with Crippen molar-refractivity contribution < 1.29 is 9.53 Å². The molecule has 1 aliphatic rings. The highest BCUT2D eigenvalue weighted by atomic mass is 16.5. The largest absolute Gasteiger partial charge is 0.453 e. The van der Waals surface area contributed by atoms with E-state index in [1.165, 1.54) is 20.0 Å². The van der Waals surface area contributed by atoms with E-state index >= 15 is 0 Å². The highest BCUT2D eigenvalue weighted by Gasteiger charge is 2.19. The lowest BCUT2D eigenvalue weighted by Crippen LogP contribution is -2.46. The minimum Gasteiger partial charge on any atom is -0.453 e. The van der Waals surface area contributed by atoms with E-state index in [1.54, 1.807) is 4.90 Å². The van der Waals surface area contributed by atoms with E-state index in [9.17, 15) is 4.79 Å². The van der Waals surface area contributed by atoms with Crippen LogP contribution in [0.3, 0.4) is 0 Å². The summed E-state index contributed by atoms with van der Waals surface area (Å²) in [5, 5.41) is 3.44. The molecule has 1 aliphatic heterocycles. The van der Waals surface area contributed by atoms with Crippen LogP contribution in [-0.4, -0.2) is 43.8 Å². The topological polar surface area (TPSA) is 41.6 Å². The van der Waals surface area contributed by atoms with Gasteiger partial charge in [-0.25, -0.2) is 4.79 Å². The quantitative estimate of drug-likeness (QED) is 0.773. The number of carbonyl (C=O) groups excluding carboxylic acids is 1. The van der Waals surface area contributed by atoms with Gasteiger partial charge >= 0.3 is 6.09 Å². The van der Waals surface area contributed by atoms with E-state index in [0.29, 0.717) is 6.04 Å². The molecule has 1 N–H and O–H groups in total. The van der Waals surface area contributed by atoms with E-state index in [2.05, 4.69) is 12.2 Å². The predicted molar refractivity (Wildman–Crippen MR) is 59.9 cm³/mol. The molecular weight excluding hydrogens is 192 g/mol. The maximum Gasteiger partial charge on any atom is 0.409 e. The maximum absolute atomic E-state index is 11.5. The van der Waals surface area contributed by atoms with Crippen LogP contribution in [0.25, 0.3) is 0 Å². The Hall–Kier alpha value is -0.770. The Labute approximate surface area is 92.0 Å². The first-order valence-electron chi connectivity index (χ1n) is 5.84. The van der Waals surface area contributed by atoms with Crippen LogP contribution >= 0.6 is 0 Å². The molecule has 0 aliphatic carbocycles. The third kappa shape index (κ3) is 4.08. The zero-order chi connectivity index (χ0) is 11.1. The molecule has 1 rings (SSSR count). The Morgan fingerprint density at radius 1 is 1.53 bits per heavy atom. The minimum absolute atomic E-state index is 0.204. The fourth-order valence-electron chi connectivity index (χ4n) is 2.00. The van der Waals surface area contributed by atoms with Crippen molar-refractivity contribution in [2.45, 2.75) is 38.6 Å². The average molecular weight is 214 g/mol. The van der Waals surface area contributed by atoms with Crippen molar-refractivity contribution in [3.8, 4) is 0 Å². The summed E-state index contributed by atoms with van der Waals surface area (Å²) in [6, 6.07) is 0.449. The normalized spacial score (nSPS) is 21.1. The number of hydrogen-bond donors (Lipinski definition) is 1. The third-order valence-electron chi connectivity index (χ3n) is 2.78. The number of methoxy groups -OCH3 is 1. The molecule has 0 spiro atoms. The molecule has 15 heavy (non-hydrogen) atoms. The summed E-state index contributed by atoms with van der Waals surface area (Å²) in [6.45, 7) is 4.71. The first-order chi connectivity index (χ1) is 7.27. The van der Waals surface area contributed by atoms with Crippen LogP contribution in [0.4, 0.5) is 4.79 Å². The highest BCUT2D eigenvalue weighted by Crippen LogP contribution is 2.09. The third-order valence-corrected chi connectivity index (χ3v) is 2.78. The second kappa shape index (κ2) is 6.67. The van der Waals surface area contributed by atoms with Gasteiger partial charge < -0.3 is 15.0 Å². The molecule has 1 amide bonds. The molecule has 0 aromatic rings. The molecular formula is C11H22N2O2.